The van der Waals surface area contributed by atoms with Gasteiger partial charge >= 0.3 is 5.97 Å². The maximum absolute atomic E-state index is 12.5. The molecule has 1 N–H and O–H groups in total. The van der Waals surface area contributed by atoms with Gasteiger partial charge in [-0.15, -0.1) is 0 Å². The molecular formula is C12H15Cl2NO5S. The zero-order valence-corrected chi connectivity index (χ0v) is 14.0. The van der Waals surface area contributed by atoms with Crippen molar-refractivity contribution in [2.45, 2.75) is 17.9 Å². The van der Waals surface area contributed by atoms with Gasteiger partial charge in [-0.3, -0.25) is 0 Å². The zero-order chi connectivity index (χ0) is 16.4. The molecule has 21 heavy (non-hydrogen) atoms. The van der Waals surface area contributed by atoms with Crippen molar-refractivity contribution in [2.24, 2.45) is 0 Å². The van der Waals surface area contributed by atoms with Crippen molar-refractivity contribution in [2.75, 3.05) is 20.8 Å². The molecule has 0 aromatic heterocycles. The second-order valence-electron chi connectivity index (χ2n) is 4.39. The largest absolute Gasteiger partial charge is 0.478 e. The normalized spacial score (nSPS) is 13.4. The molecule has 0 aliphatic heterocycles. The smallest absolute Gasteiger partial charge is 0.337 e. The van der Waals surface area contributed by atoms with Gasteiger partial charge in [-0.25, -0.2) is 13.2 Å². The second-order valence-corrected chi connectivity index (χ2v) is 7.17. The van der Waals surface area contributed by atoms with E-state index in [1.165, 1.54) is 14.2 Å². The van der Waals surface area contributed by atoms with E-state index < -0.39 is 22.0 Å². The molecule has 118 valence electrons. The summed E-state index contributed by atoms with van der Waals surface area (Å²) in [5, 5.41) is 8.76. The molecule has 0 amide bonds. The Kier molecular flexibility index (Phi) is 6.01. The van der Waals surface area contributed by atoms with Gasteiger partial charge in [0, 0.05) is 20.2 Å². The predicted molar refractivity (Wildman–Crippen MR) is 79.7 cm³/mol. The molecule has 1 rings (SSSR count). The standard InChI is InChI=1S/C12H15Cl2NO5S/c1-7(6-20-3)15(2)21(18,19)11-4-8(12(16)17)9(13)5-10(11)14/h4-5,7H,6H2,1-3H3,(H,16,17). The Morgan fingerprint density at radius 3 is 2.43 bits per heavy atom. The number of ether oxygens (including phenoxy) is 1. The van der Waals surface area contributed by atoms with Gasteiger partial charge in [0.05, 0.1) is 22.2 Å². The minimum Gasteiger partial charge on any atom is -0.478 e. The molecule has 0 aliphatic carbocycles. The number of benzene rings is 1. The van der Waals surface area contributed by atoms with Gasteiger partial charge in [0.25, 0.3) is 0 Å². The Morgan fingerprint density at radius 2 is 1.95 bits per heavy atom. The van der Waals surface area contributed by atoms with Crippen molar-refractivity contribution in [3.05, 3.63) is 27.7 Å². The first-order chi connectivity index (χ1) is 9.62. The number of sulfonamides is 1. The van der Waals surface area contributed by atoms with Crippen LogP contribution >= 0.6 is 23.2 Å². The van der Waals surface area contributed by atoms with Crippen molar-refractivity contribution < 1.29 is 23.1 Å². The fourth-order valence-electron chi connectivity index (χ4n) is 1.63. The number of likely N-dealkylation sites (N-methyl/N-ethyl adjacent to an activating group) is 1. The van der Waals surface area contributed by atoms with Crippen molar-refractivity contribution in [1.29, 1.82) is 0 Å². The number of hydrogen-bond acceptors (Lipinski definition) is 4. The van der Waals surface area contributed by atoms with Crippen LogP contribution in [0.3, 0.4) is 0 Å². The summed E-state index contributed by atoms with van der Waals surface area (Å²) in [6.45, 7) is 1.84. The minimum absolute atomic E-state index is 0.126. The van der Waals surface area contributed by atoms with E-state index in [0.29, 0.717) is 0 Å². The third-order valence-corrected chi connectivity index (χ3v) is 5.69. The fourth-order valence-corrected chi connectivity index (χ4v) is 3.80. The van der Waals surface area contributed by atoms with Crippen LogP contribution in [0.15, 0.2) is 17.0 Å². The third-order valence-electron chi connectivity index (χ3n) is 2.94. The molecule has 0 saturated carbocycles. The van der Waals surface area contributed by atoms with Crippen LogP contribution in [0.5, 0.6) is 0 Å². The summed E-state index contributed by atoms with van der Waals surface area (Å²) in [6.07, 6.45) is 0. The lowest BCUT2D eigenvalue weighted by Gasteiger charge is -2.24. The number of carboxylic acid groups (broad SMARTS) is 1. The lowest BCUT2D eigenvalue weighted by Crippen LogP contribution is -2.38. The molecule has 9 heteroatoms. The summed E-state index contributed by atoms with van der Waals surface area (Å²) in [5.41, 5.74) is -0.326. The Labute approximate surface area is 133 Å². The van der Waals surface area contributed by atoms with E-state index in [2.05, 4.69) is 0 Å². The number of hydrogen-bond donors (Lipinski definition) is 1. The average molecular weight is 356 g/mol. The summed E-state index contributed by atoms with van der Waals surface area (Å²) in [7, 11) is -1.15. The first kappa shape index (κ1) is 18.2. The topological polar surface area (TPSA) is 83.9 Å². The van der Waals surface area contributed by atoms with E-state index in [-0.39, 0.29) is 27.1 Å². The van der Waals surface area contributed by atoms with E-state index in [4.69, 9.17) is 33.0 Å². The average Bonchev–Trinajstić information content (AvgIpc) is 2.37. The van der Waals surface area contributed by atoms with Crippen LogP contribution in [0.1, 0.15) is 17.3 Å². The molecule has 6 nitrogen and oxygen atoms in total. The van der Waals surface area contributed by atoms with E-state index in [0.717, 1.165) is 16.4 Å². The van der Waals surface area contributed by atoms with Crippen LogP contribution < -0.4 is 0 Å². The molecular weight excluding hydrogens is 341 g/mol. The molecule has 0 bridgehead atoms. The van der Waals surface area contributed by atoms with Gasteiger partial charge in [0.2, 0.25) is 10.0 Å². The zero-order valence-electron chi connectivity index (χ0n) is 11.6. The summed E-state index contributed by atoms with van der Waals surface area (Å²) in [4.78, 5) is 10.8. The highest BCUT2D eigenvalue weighted by molar-refractivity contribution is 7.89. The maximum Gasteiger partial charge on any atom is 0.337 e. The van der Waals surface area contributed by atoms with Crippen LogP contribution in [0, 0.1) is 0 Å². The molecule has 0 radical (unpaired) electrons. The number of halogens is 2. The van der Waals surface area contributed by atoms with E-state index in [9.17, 15) is 13.2 Å². The van der Waals surface area contributed by atoms with E-state index in [1.54, 1.807) is 6.92 Å². The van der Waals surface area contributed by atoms with Gasteiger partial charge in [-0.2, -0.15) is 4.31 Å². The predicted octanol–water partition coefficient (Wildman–Crippen LogP) is 2.35. The number of rotatable bonds is 6. The van der Waals surface area contributed by atoms with Gasteiger partial charge in [0.1, 0.15) is 4.90 Å². The third kappa shape index (κ3) is 3.87. The highest BCUT2D eigenvalue weighted by Crippen LogP contribution is 2.30. The SMILES string of the molecule is COCC(C)N(C)S(=O)(=O)c1cc(C(=O)O)c(Cl)cc1Cl. The van der Waals surface area contributed by atoms with Gasteiger partial charge in [-0.05, 0) is 19.1 Å². The summed E-state index contributed by atoms with van der Waals surface area (Å²) in [6, 6.07) is 1.62. The van der Waals surface area contributed by atoms with Gasteiger partial charge in [0.15, 0.2) is 0 Å². The van der Waals surface area contributed by atoms with Gasteiger partial charge in [-0.1, -0.05) is 23.2 Å². The Balaban J connectivity index is 3.38. The van der Waals surface area contributed by atoms with Crippen molar-refractivity contribution >= 4 is 39.2 Å². The monoisotopic (exact) mass is 355 g/mol. The Morgan fingerprint density at radius 1 is 1.38 bits per heavy atom. The second kappa shape index (κ2) is 6.93. The molecule has 0 heterocycles. The molecule has 0 aliphatic rings. The number of aromatic carboxylic acids is 1. The molecule has 1 aromatic carbocycles. The number of carboxylic acids is 1. The first-order valence-electron chi connectivity index (χ1n) is 5.82. The van der Waals surface area contributed by atoms with Crippen LogP contribution in [-0.2, 0) is 14.8 Å². The van der Waals surface area contributed by atoms with Crippen LogP contribution in [0.2, 0.25) is 10.0 Å². The quantitative estimate of drug-likeness (QED) is 0.846. The van der Waals surface area contributed by atoms with Crippen LogP contribution in [0.25, 0.3) is 0 Å². The molecule has 0 spiro atoms. The Bertz CT molecular complexity index is 647. The van der Waals surface area contributed by atoms with E-state index in [1.807, 2.05) is 0 Å². The molecule has 1 aromatic rings. The number of nitrogens with zero attached hydrogens (tertiary/aromatic N) is 1. The van der Waals surface area contributed by atoms with Gasteiger partial charge < -0.3 is 9.84 Å². The maximum atomic E-state index is 12.5. The fraction of sp³-hybridized carbons (Fsp3) is 0.417. The molecule has 0 saturated heterocycles. The number of methoxy groups -OCH3 is 1. The highest BCUT2D eigenvalue weighted by atomic mass is 35.5. The summed E-state index contributed by atoms with van der Waals surface area (Å²) < 4.78 is 31.0. The summed E-state index contributed by atoms with van der Waals surface area (Å²) in [5.74, 6) is -1.33. The molecule has 0 fully saturated rings. The highest BCUT2D eigenvalue weighted by Gasteiger charge is 2.29. The van der Waals surface area contributed by atoms with Crippen LogP contribution in [0.4, 0.5) is 0 Å². The first-order valence-corrected chi connectivity index (χ1v) is 8.01. The van der Waals surface area contributed by atoms with Crippen LogP contribution in [-0.4, -0.2) is 50.6 Å². The van der Waals surface area contributed by atoms with Crippen molar-refractivity contribution in [3.63, 3.8) is 0 Å². The minimum atomic E-state index is -3.96. The number of carbonyl (C=O) groups is 1. The lowest BCUT2D eigenvalue weighted by molar-refractivity contribution is 0.0697. The Hall–Kier alpha value is -0.860. The lowest BCUT2D eigenvalue weighted by atomic mass is 10.2. The summed E-state index contributed by atoms with van der Waals surface area (Å²) >= 11 is 11.6. The van der Waals surface area contributed by atoms with E-state index >= 15 is 0 Å². The molecule has 1 unspecified atom stereocenters. The molecule has 1 atom stereocenters. The van der Waals surface area contributed by atoms with Crippen molar-refractivity contribution in [3.8, 4) is 0 Å². The van der Waals surface area contributed by atoms with Crippen molar-refractivity contribution in [1.82, 2.24) is 4.31 Å².